The van der Waals surface area contributed by atoms with Gasteiger partial charge < -0.3 is 15.4 Å². The van der Waals surface area contributed by atoms with E-state index >= 15 is 0 Å². The highest BCUT2D eigenvalue weighted by Gasteiger charge is 2.00. The molecule has 0 saturated heterocycles. The maximum atomic E-state index is 5.13. The molecular weight excluding hydrogens is 212 g/mol. The maximum Gasteiger partial charge on any atom is 0.118 e. The van der Waals surface area contributed by atoms with E-state index in [2.05, 4.69) is 36.6 Å². The van der Waals surface area contributed by atoms with Crippen LogP contribution in [0.2, 0.25) is 0 Å². The summed E-state index contributed by atoms with van der Waals surface area (Å²) in [7, 11) is 1.69. The van der Waals surface area contributed by atoms with E-state index in [1.165, 1.54) is 12.0 Å². The zero-order chi connectivity index (χ0) is 12.5. The van der Waals surface area contributed by atoms with E-state index < -0.39 is 0 Å². The largest absolute Gasteiger partial charge is 0.497 e. The van der Waals surface area contributed by atoms with Crippen LogP contribution in [0.25, 0.3) is 0 Å². The van der Waals surface area contributed by atoms with Gasteiger partial charge in [0.15, 0.2) is 0 Å². The monoisotopic (exact) mass is 236 g/mol. The Balaban J connectivity index is 2.24. The first-order valence-corrected chi connectivity index (χ1v) is 6.33. The van der Waals surface area contributed by atoms with E-state index in [9.17, 15) is 0 Å². The van der Waals surface area contributed by atoms with Crippen LogP contribution < -0.4 is 15.4 Å². The van der Waals surface area contributed by atoms with Crippen LogP contribution in [0.4, 0.5) is 0 Å². The van der Waals surface area contributed by atoms with Gasteiger partial charge in [0.25, 0.3) is 0 Å². The van der Waals surface area contributed by atoms with Gasteiger partial charge in [-0.15, -0.1) is 0 Å². The lowest BCUT2D eigenvalue weighted by atomic mass is 10.2. The molecule has 0 radical (unpaired) electrons. The molecule has 0 spiro atoms. The van der Waals surface area contributed by atoms with Crippen molar-refractivity contribution in [2.45, 2.75) is 32.9 Å². The van der Waals surface area contributed by atoms with Crippen molar-refractivity contribution in [3.8, 4) is 5.75 Å². The molecule has 2 N–H and O–H groups in total. The molecule has 0 bridgehead atoms. The Hall–Kier alpha value is -1.06. The van der Waals surface area contributed by atoms with E-state index in [0.717, 1.165) is 25.4 Å². The Morgan fingerprint density at radius 2 is 1.94 bits per heavy atom. The Labute approximate surface area is 105 Å². The smallest absolute Gasteiger partial charge is 0.118 e. The second kappa shape index (κ2) is 8.09. The lowest BCUT2D eigenvalue weighted by Crippen LogP contribution is -2.36. The average molecular weight is 236 g/mol. The van der Waals surface area contributed by atoms with Gasteiger partial charge in [-0.3, -0.25) is 0 Å². The third kappa shape index (κ3) is 5.71. The molecule has 0 fully saturated rings. The summed E-state index contributed by atoms with van der Waals surface area (Å²) >= 11 is 0. The molecule has 1 aromatic rings. The minimum absolute atomic E-state index is 0.489. The molecule has 96 valence electrons. The predicted octanol–water partition coefficient (Wildman–Crippen LogP) is 2.17. The molecule has 3 heteroatoms. The maximum absolute atomic E-state index is 5.13. The predicted molar refractivity (Wildman–Crippen MR) is 72.5 cm³/mol. The van der Waals surface area contributed by atoms with E-state index in [-0.39, 0.29) is 0 Å². The fourth-order valence-corrected chi connectivity index (χ4v) is 1.60. The number of nitrogens with one attached hydrogen (secondary N) is 2. The number of methoxy groups -OCH3 is 1. The molecule has 0 aliphatic carbocycles. The van der Waals surface area contributed by atoms with E-state index in [1.54, 1.807) is 7.11 Å². The first-order chi connectivity index (χ1) is 8.26. The Kier molecular flexibility index (Phi) is 6.67. The molecule has 1 unspecified atom stereocenters. The fourth-order valence-electron chi connectivity index (χ4n) is 1.60. The topological polar surface area (TPSA) is 33.3 Å². The highest BCUT2D eigenvalue weighted by Crippen LogP contribution is 2.10. The van der Waals surface area contributed by atoms with Gasteiger partial charge >= 0.3 is 0 Å². The molecule has 0 aliphatic rings. The van der Waals surface area contributed by atoms with E-state index in [0.29, 0.717) is 6.04 Å². The molecule has 0 aliphatic heterocycles. The number of benzene rings is 1. The molecule has 1 atom stereocenters. The number of hydrogen-bond donors (Lipinski definition) is 2. The summed E-state index contributed by atoms with van der Waals surface area (Å²) in [6.45, 7) is 7.39. The molecular formula is C14H24N2O. The van der Waals surface area contributed by atoms with Crippen LogP contribution in [-0.4, -0.2) is 26.2 Å². The third-order valence-electron chi connectivity index (χ3n) is 2.69. The summed E-state index contributed by atoms with van der Waals surface area (Å²) in [5, 5.41) is 6.90. The van der Waals surface area contributed by atoms with Crippen molar-refractivity contribution in [2.24, 2.45) is 0 Å². The minimum atomic E-state index is 0.489. The average Bonchev–Trinajstić information content (AvgIpc) is 2.37. The summed E-state index contributed by atoms with van der Waals surface area (Å²) in [5.41, 5.74) is 1.29. The highest BCUT2D eigenvalue weighted by atomic mass is 16.5. The van der Waals surface area contributed by atoms with Gasteiger partial charge in [-0.2, -0.15) is 0 Å². The highest BCUT2D eigenvalue weighted by molar-refractivity contribution is 5.27. The van der Waals surface area contributed by atoms with E-state index in [4.69, 9.17) is 4.74 Å². The normalized spacial score (nSPS) is 12.4. The van der Waals surface area contributed by atoms with Crippen LogP contribution in [0.3, 0.4) is 0 Å². The van der Waals surface area contributed by atoms with Crippen LogP contribution in [0.1, 0.15) is 25.8 Å². The van der Waals surface area contributed by atoms with Gasteiger partial charge in [-0.05, 0) is 37.6 Å². The molecule has 0 saturated carbocycles. The van der Waals surface area contributed by atoms with Crippen molar-refractivity contribution >= 4 is 0 Å². The molecule has 0 amide bonds. The van der Waals surface area contributed by atoms with Gasteiger partial charge in [-0.1, -0.05) is 19.1 Å². The summed E-state index contributed by atoms with van der Waals surface area (Å²) in [5.74, 6) is 0.909. The minimum Gasteiger partial charge on any atom is -0.497 e. The van der Waals surface area contributed by atoms with Gasteiger partial charge in [0.1, 0.15) is 5.75 Å². The Morgan fingerprint density at radius 1 is 1.24 bits per heavy atom. The fraction of sp³-hybridized carbons (Fsp3) is 0.571. The molecule has 3 nitrogen and oxygen atoms in total. The van der Waals surface area contributed by atoms with E-state index in [1.807, 2.05) is 12.1 Å². The zero-order valence-corrected chi connectivity index (χ0v) is 11.1. The Morgan fingerprint density at radius 3 is 2.53 bits per heavy atom. The van der Waals surface area contributed by atoms with Gasteiger partial charge in [0.2, 0.25) is 0 Å². The molecule has 1 rings (SSSR count). The number of rotatable bonds is 8. The van der Waals surface area contributed by atoms with Crippen molar-refractivity contribution in [3.05, 3.63) is 29.8 Å². The van der Waals surface area contributed by atoms with Crippen LogP contribution >= 0.6 is 0 Å². The molecule has 0 heterocycles. The summed E-state index contributed by atoms with van der Waals surface area (Å²) in [6, 6.07) is 8.67. The van der Waals surface area contributed by atoms with Crippen molar-refractivity contribution in [1.82, 2.24) is 10.6 Å². The molecule has 17 heavy (non-hydrogen) atoms. The second-order valence-corrected chi connectivity index (χ2v) is 4.33. The number of ether oxygens (including phenoxy) is 1. The second-order valence-electron chi connectivity index (χ2n) is 4.33. The van der Waals surface area contributed by atoms with Gasteiger partial charge in [0.05, 0.1) is 7.11 Å². The molecule has 0 aromatic heterocycles. The van der Waals surface area contributed by atoms with Crippen LogP contribution in [0.5, 0.6) is 5.75 Å². The molecule has 1 aromatic carbocycles. The summed E-state index contributed by atoms with van der Waals surface area (Å²) < 4.78 is 5.13. The van der Waals surface area contributed by atoms with Gasteiger partial charge in [-0.25, -0.2) is 0 Å². The van der Waals surface area contributed by atoms with Crippen LogP contribution in [0.15, 0.2) is 24.3 Å². The van der Waals surface area contributed by atoms with Crippen molar-refractivity contribution < 1.29 is 4.74 Å². The lowest BCUT2D eigenvalue weighted by Gasteiger charge is -2.14. The Bertz CT molecular complexity index is 298. The summed E-state index contributed by atoms with van der Waals surface area (Å²) in [4.78, 5) is 0. The van der Waals surface area contributed by atoms with Crippen molar-refractivity contribution in [3.63, 3.8) is 0 Å². The first kappa shape index (κ1) is 14.0. The standard InChI is InChI=1S/C14H24N2O/c1-4-9-15-10-12(2)16-11-13-5-7-14(17-3)8-6-13/h5-8,12,15-16H,4,9-11H2,1-3H3. The van der Waals surface area contributed by atoms with Crippen LogP contribution in [-0.2, 0) is 6.54 Å². The quantitative estimate of drug-likeness (QED) is 0.679. The van der Waals surface area contributed by atoms with Crippen molar-refractivity contribution in [1.29, 1.82) is 0 Å². The van der Waals surface area contributed by atoms with Crippen molar-refractivity contribution in [2.75, 3.05) is 20.2 Å². The third-order valence-corrected chi connectivity index (χ3v) is 2.69. The lowest BCUT2D eigenvalue weighted by molar-refractivity contribution is 0.414. The van der Waals surface area contributed by atoms with Gasteiger partial charge in [0, 0.05) is 19.1 Å². The summed E-state index contributed by atoms with van der Waals surface area (Å²) in [6.07, 6.45) is 1.19. The van der Waals surface area contributed by atoms with Crippen LogP contribution in [0, 0.1) is 0 Å². The first-order valence-electron chi connectivity index (χ1n) is 6.33. The SMILES string of the molecule is CCCNCC(C)NCc1ccc(OC)cc1. The zero-order valence-electron chi connectivity index (χ0n) is 11.1. The number of hydrogen-bond acceptors (Lipinski definition) is 3.